The van der Waals surface area contributed by atoms with E-state index in [4.69, 9.17) is 21.1 Å². The number of fused-ring (bicyclic) bond motifs is 1. The van der Waals surface area contributed by atoms with Gasteiger partial charge in [0, 0.05) is 46.9 Å². The van der Waals surface area contributed by atoms with Crippen molar-refractivity contribution in [2.45, 2.75) is 51.6 Å². The van der Waals surface area contributed by atoms with Gasteiger partial charge in [-0.15, -0.1) is 0 Å². The number of benzene rings is 2. The Morgan fingerprint density at radius 1 is 1.12 bits per heavy atom. The number of carbonyl (C=O) groups excluding carboxylic acids is 2. The summed E-state index contributed by atoms with van der Waals surface area (Å²) in [7, 11) is 1.55. The molecule has 0 aliphatic heterocycles. The molecule has 2 aromatic carbocycles. The van der Waals surface area contributed by atoms with Crippen molar-refractivity contribution < 1.29 is 19.1 Å². The number of rotatable bonds is 9. The van der Waals surface area contributed by atoms with Gasteiger partial charge >= 0.3 is 5.97 Å². The number of hydrogen-bond donors (Lipinski definition) is 1. The lowest BCUT2D eigenvalue weighted by Crippen LogP contribution is -2.56. The molecular formula is C32H31ClN6O4. The summed E-state index contributed by atoms with van der Waals surface area (Å²) < 4.78 is 12.1. The van der Waals surface area contributed by atoms with Gasteiger partial charge in [0.1, 0.15) is 5.75 Å². The number of nitrogens with zero attached hydrogens (tertiary/aromatic N) is 5. The second-order valence-electron chi connectivity index (χ2n) is 11.7. The molecule has 2 heterocycles. The number of aromatic nitrogens is 4. The van der Waals surface area contributed by atoms with Crippen LogP contribution in [-0.2, 0) is 16.1 Å². The summed E-state index contributed by atoms with van der Waals surface area (Å²) in [6, 6.07) is 10.9. The summed E-state index contributed by atoms with van der Waals surface area (Å²) >= 11 is 6.40. The predicted octanol–water partition coefficient (Wildman–Crippen LogP) is 5.32. The third-order valence-electron chi connectivity index (χ3n) is 8.48. The fraction of sp³-hybridized carbons (Fsp3) is 0.375. The van der Waals surface area contributed by atoms with Crippen LogP contribution in [0, 0.1) is 22.7 Å². The topological polar surface area (TPSA) is 132 Å². The molecule has 220 valence electrons. The summed E-state index contributed by atoms with van der Waals surface area (Å²) in [5.74, 6) is 1.21. The second kappa shape index (κ2) is 11.7. The molecule has 2 fully saturated rings. The van der Waals surface area contributed by atoms with Crippen molar-refractivity contribution >= 4 is 34.4 Å². The zero-order valence-electron chi connectivity index (χ0n) is 24.0. The predicted molar refractivity (Wildman–Crippen MR) is 159 cm³/mol. The molecule has 0 atom stereocenters. The number of ether oxygens (including phenoxy) is 2. The number of esters is 1. The molecule has 10 nitrogen and oxygen atoms in total. The standard InChI is InChI=1S/C32H31ClN6O4/c1-19(40)43-4-3-20-10-32(11-20)12-26(13-32)38-31(41)28-9-25(33)7-24-17-37-39(29(24)28)18-22-15-35-30(36-16-22)23-5-21(14-34)6-27(8-23)42-2/h5-9,15-17,20,26H,3-4,10-13,18H2,1-2H3,(H,38,41). The van der Waals surface area contributed by atoms with Gasteiger partial charge in [-0.05, 0) is 73.8 Å². The zero-order chi connectivity index (χ0) is 30.1. The normalized spacial score (nSPS) is 20.6. The molecule has 0 bridgehead atoms. The van der Waals surface area contributed by atoms with E-state index >= 15 is 0 Å². The van der Waals surface area contributed by atoms with Crippen LogP contribution in [0.5, 0.6) is 5.75 Å². The summed E-state index contributed by atoms with van der Waals surface area (Å²) in [5.41, 5.74) is 3.41. The average molecular weight is 599 g/mol. The number of amides is 1. The minimum Gasteiger partial charge on any atom is -0.497 e. The molecule has 1 spiro atoms. The van der Waals surface area contributed by atoms with Crippen molar-refractivity contribution in [2.75, 3.05) is 13.7 Å². The lowest BCUT2D eigenvalue weighted by molar-refractivity contribution is -0.142. The molecule has 1 N–H and O–H groups in total. The Hall–Kier alpha value is -4.49. The summed E-state index contributed by atoms with van der Waals surface area (Å²) in [6.45, 7) is 2.27. The first kappa shape index (κ1) is 28.6. The molecule has 2 saturated carbocycles. The van der Waals surface area contributed by atoms with Gasteiger partial charge in [0.2, 0.25) is 0 Å². The summed E-state index contributed by atoms with van der Waals surface area (Å²) in [4.78, 5) is 33.5. The lowest BCUT2D eigenvalue weighted by atomic mass is 9.49. The minimum absolute atomic E-state index is 0.117. The quantitative estimate of drug-likeness (QED) is 0.256. The molecule has 11 heteroatoms. The fourth-order valence-electron chi connectivity index (χ4n) is 6.58. The van der Waals surface area contributed by atoms with E-state index in [0.717, 1.165) is 43.1 Å². The highest BCUT2D eigenvalue weighted by molar-refractivity contribution is 6.32. The van der Waals surface area contributed by atoms with Crippen LogP contribution >= 0.6 is 11.6 Å². The highest BCUT2D eigenvalue weighted by atomic mass is 35.5. The fourth-order valence-corrected chi connectivity index (χ4v) is 6.81. The van der Waals surface area contributed by atoms with Gasteiger partial charge in [0.25, 0.3) is 5.91 Å². The monoisotopic (exact) mass is 598 g/mol. The van der Waals surface area contributed by atoms with Crippen LogP contribution < -0.4 is 10.1 Å². The Labute approximate surface area is 254 Å². The van der Waals surface area contributed by atoms with E-state index < -0.39 is 0 Å². The number of nitrogens with one attached hydrogen (secondary N) is 1. The van der Waals surface area contributed by atoms with E-state index in [1.807, 2.05) is 0 Å². The van der Waals surface area contributed by atoms with Gasteiger partial charge in [0.15, 0.2) is 5.82 Å². The largest absolute Gasteiger partial charge is 0.497 e. The third-order valence-corrected chi connectivity index (χ3v) is 8.70. The Bertz CT molecular complexity index is 1730. The maximum atomic E-state index is 13.5. The first-order chi connectivity index (χ1) is 20.7. The lowest BCUT2D eigenvalue weighted by Gasteiger charge is -2.58. The Morgan fingerprint density at radius 2 is 1.88 bits per heavy atom. The maximum Gasteiger partial charge on any atom is 0.302 e. The van der Waals surface area contributed by atoms with Crippen LogP contribution in [0.4, 0.5) is 0 Å². The van der Waals surface area contributed by atoms with E-state index in [-0.39, 0.29) is 17.9 Å². The average Bonchev–Trinajstić information content (AvgIpc) is 3.35. The molecule has 6 rings (SSSR count). The first-order valence-corrected chi connectivity index (χ1v) is 14.6. The molecular weight excluding hydrogens is 568 g/mol. The highest BCUT2D eigenvalue weighted by Crippen LogP contribution is 2.59. The molecule has 2 aliphatic rings. The Morgan fingerprint density at radius 3 is 2.58 bits per heavy atom. The number of halogens is 1. The zero-order valence-corrected chi connectivity index (χ0v) is 24.7. The number of nitriles is 1. The van der Waals surface area contributed by atoms with E-state index in [0.29, 0.717) is 63.3 Å². The van der Waals surface area contributed by atoms with Crippen molar-refractivity contribution in [3.05, 3.63) is 70.6 Å². The molecule has 1 amide bonds. The molecule has 43 heavy (non-hydrogen) atoms. The molecule has 2 aliphatic carbocycles. The number of carbonyl (C=O) groups is 2. The van der Waals surface area contributed by atoms with E-state index in [1.54, 1.807) is 60.7 Å². The molecule has 0 unspecified atom stereocenters. The highest BCUT2D eigenvalue weighted by Gasteiger charge is 2.52. The number of hydrogen-bond acceptors (Lipinski definition) is 8. The minimum atomic E-state index is -0.233. The van der Waals surface area contributed by atoms with Crippen molar-refractivity contribution in [3.8, 4) is 23.2 Å². The molecule has 4 aromatic rings. The van der Waals surface area contributed by atoms with Crippen LogP contribution in [0.25, 0.3) is 22.3 Å². The van der Waals surface area contributed by atoms with E-state index in [1.165, 1.54) is 6.92 Å². The van der Waals surface area contributed by atoms with Crippen molar-refractivity contribution in [1.29, 1.82) is 5.26 Å². The smallest absolute Gasteiger partial charge is 0.302 e. The van der Waals surface area contributed by atoms with E-state index in [9.17, 15) is 14.9 Å². The van der Waals surface area contributed by atoms with Crippen LogP contribution in [0.15, 0.2) is 48.9 Å². The van der Waals surface area contributed by atoms with Gasteiger partial charge in [-0.3, -0.25) is 14.3 Å². The molecule has 0 radical (unpaired) electrons. The van der Waals surface area contributed by atoms with Gasteiger partial charge in [0.05, 0.1) is 49.2 Å². The Balaban J connectivity index is 1.13. The van der Waals surface area contributed by atoms with Gasteiger partial charge < -0.3 is 14.8 Å². The van der Waals surface area contributed by atoms with Gasteiger partial charge in [-0.2, -0.15) is 10.4 Å². The van der Waals surface area contributed by atoms with Gasteiger partial charge in [-0.25, -0.2) is 9.97 Å². The van der Waals surface area contributed by atoms with Crippen molar-refractivity contribution in [3.63, 3.8) is 0 Å². The summed E-state index contributed by atoms with van der Waals surface area (Å²) in [6.07, 6.45) is 10.2. The van der Waals surface area contributed by atoms with Crippen LogP contribution in [0.3, 0.4) is 0 Å². The third kappa shape index (κ3) is 6.04. The van der Waals surface area contributed by atoms with Crippen molar-refractivity contribution in [2.24, 2.45) is 11.3 Å². The first-order valence-electron chi connectivity index (χ1n) is 14.2. The maximum absolute atomic E-state index is 13.5. The SMILES string of the molecule is COc1cc(C#N)cc(-c2ncc(Cn3ncc4cc(Cl)cc(C(=O)NC5CC6(CC(CCOC(C)=O)C6)C5)c43)cn2)c1. The summed E-state index contributed by atoms with van der Waals surface area (Å²) in [5, 5.41) is 18.3. The van der Waals surface area contributed by atoms with Crippen LogP contribution in [-0.4, -0.2) is 51.4 Å². The molecule has 2 aromatic heterocycles. The van der Waals surface area contributed by atoms with Gasteiger partial charge in [-0.1, -0.05) is 11.6 Å². The van der Waals surface area contributed by atoms with Crippen molar-refractivity contribution in [1.82, 2.24) is 25.1 Å². The van der Waals surface area contributed by atoms with E-state index in [2.05, 4.69) is 26.5 Å². The molecule has 0 saturated heterocycles. The number of methoxy groups -OCH3 is 1. The van der Waals surface area contributed by atoms with Crippen LogP contribution in [0.2, 0.25) is 5.02 Å². The Kier molecular flexibility index (Phi) is 7.75. The second-order valence-corrected chi connectivity index (χ2v) is 12.1. The van der Waals surface area contributed by atoms with Crippen LogP contribution in [0.1, 0.15) is 60.5 Å².